The van der Waals surface area contributed by atoms with Crippen LogP contribution in [0.3, 0.4) is 0 Å². The van der Waals surface area contributed by atoms with Crippen molar-refractivity contribution < 1.29 is 4.79 Å². The van der Waals surface area contributed by atoms with Crippen molar-refractivity contribution in [2.45, 2.75) is 26.9 Å². The van der Waals surface area contributed by atoms with Crippen molar-refractivity contribution in [2.75, 3.05) is 25.1 Å². The molecular formula is C16H24N2OS. The van der Waals surface area contributed by atoms with E-state index in [1.54, 1.807) is 0 Å². The van der Waals surface area contributed by atoms with Crippen LogP contribution < -0.4 is 5.32 Å². The molecule has 1 fully saturated rings. The summed E-state index contributed by atoms with van der Waals surface area (Å²) in [4.78, 5) is 14.2. The second kappa shape index (κ2) is 6.64. The number of rotatable bonds is 5. The SMILES string of the molecule is CSCC(C)CN1C(=O)CNC1c1cc(C)ccc1C. The third-order valence-corrected chi connectivity index (χ3v) is 4.67. The molecule has 1 aliphatic heterocycles. The first kappa shape index (κ1) is 15.4. The third-order valence-electron chi connectivity index (χ3n) is 3.77. The Morgan fingerprint density at radius 3 is 2.90 bits per heavy atom. The summed E-state index contributed by atoms with van der Waals surface area (Å²) in [6, 6.07) is 6.45. The van der Waals surface area contributed by atoms with Crippen LogP contribution in [0.4, 0.5) is 0 Å². The van der Waals surface area contributed by atoms with Gasteiger partial charge in [-0.15, -0.1) is 0 Å². The zero-order chi connectivity index (χ0) is 14.7. The van der Waals surface area contributed by atoms with Gasteiger partial charge >= 0.3 is 0 Å². The van der Waals surface area contributed by atoms with E-state index in [0.717, 1.165) is 12.3 Å². The Balaban J connectivity index is 2.21. The van der Waals surface area contributed by atoms with Crippen molar-refractivity contribution in [3.8, 4) is 0 Å². The fraction of sp³-hybridized carbons (Fsp3) is 0.562. The molecule has 0 aliphatic carbocycles. The first-order valence-corrected chi connectivity index (χ1v) is 8.51. The molecule has 1 N–H and O–H groups in total. The predicted octanol–water partition coefficient (Wildman–Crippen LogP) is 2.73. The third kappa shape index (κ3) is 3.36. The van der Waals surface area contributed by atoms with Gasteiger partial charge in [-0.2, -0.15) is 11.8 Å². The maximum Gasteiger partial charge on any atom is 0.238 e. The highest BCUT2D eigenvalue weighted by Crippen LogP contribution is 2.27. The molecule has 1 saturated heterocycles. The van der Waals surface area contributed by atoms with E-state index in [0.29, 0.717) is 12.5 Å². The topological polar surface area (TPSA) is 32.3 Å². The highest BCUT2D eigenvalue weighted by atomic mass is 32.2. The van der Waals surface area contributed by atoms with Gasteiger partial charge in [0.25, 0.3) is 0 Å². The van der Waals surface area contributed by atoms with E-state index in [4.69, 9.17) is 0 Å². The minimum Gasteiger partial charge on any atom is -0.322 e. The number of hydrogen-bond acceptors (Lipinski definition) is 3. The lowest BCUT2D eigenvalue weighted by Gasteiger charge is -2.28. The van der Waals surface area contributed by atoms with Gasteiger partial charge < -0.3 is 4.90 Å². The Morgan fingerprint density at radius 2 is 2.20 bits per heavy atom. The largest absolute Gasteiger partial charge is 0.322 e. The van der Waals surface area contributed by atoms with E-state index >= 15 is 0 Å². The number of carbonyl (C=O) groups excluding carboxylic acids is 1. The van der Waals surface area contributed by atoms with Gasteiger partial charge in [-0.1, -0.05) is 30.7 Å². The summed E-state index contributed by atoms with van der Waals surface area (Å²) in [5.74, 6) is 1.81. The molecule has 1 aromatic carbocycles. The summed E-state index contributed by atoms with van der Waals surface area (Å²) >= 11 is 1.84. The lowest BCUT2D eigenvalue weighted by atomic mass is 10.0. The van der Waals surface area contributed by atoms with Crippen LogP contribution in [0.2, 0.25) is 0 Å². The minimum atomic E-state index is 0.0340. The van der Waals surface area contributed by atoms with E-state index < -0.39 is 0 Å². The molecule has 2 atom stereocenters. The number of hydrogen-bond donors (Lipinski definition) is 1. The fourth-order valence-electron chi connectivity index (χ4n) is 2.75. The van der Waals surface area contributed by atoms with Crippen molar-refractivity contribution in [3.63, 3.8) is 0 Å². The lowest BCUT2D eigenvalue weighted by Crippen LogP contribution is -2.35. The van der Waals surface area contributed by atoms with Crippen LogP contribution >= 0.6 is 11.8 Å². The molecule has 0 radical (unpaired) electrons. The highest BCUT2D eigenvalue weighted by molar-refractivity contribution is 7.98. The Hall–Kier alpha value is -1.00. The quantitative estimate of drug-likeness (QED) is 0.905. The van der Waals surface area contributed by atoms with Crippen LogP contribution in [0.1, 0.15) is 29.8 Å². The first-order chi connectivity index (χ1) is 9.52. The van der Waals surface area contributed by atoms with Gasteiger partial charge in [-0.25, -0.2) is 0 Å². The van der Waals surface area contributed by atoms with E-state index in [-0.39, 0.29) is 12.1 Å². The minimum absolute atomic E-state index is 0.0340. The number of nitrogens with one attached hydrogen (secondary N) is 1. The Labute approximate surface area is 126 Å². The molecular weight excluding hydrogens is 268 g/mol. The molecule has 0 bridgehead atoms. The zero-order valence-corrected chi connectivity index (χ0v) is 13.6. The summed E-state index contributed by atoms with van der Waals surface area (Å²) in [5.41, 5.74) is 3.71. The fourth-order valence-corrected chi connectivity index (χ4v) is 3.43. The van der Waals surface area contributed by atoms with Crippen molar-refractivity contribution >= 4 is 17.7 Å². The van der Waals surface area contributed by atoms with Crippen LogP contribution in [0.5, 0.6) is 0 Å². The molecule has 0 aromatic heterocycles. The molecule has 0 saturated carbocycles. The predicted molar refractivity (Wildman–Crippen MR) is 85.9 cm³/mol. The summed E-state index contributed by atoms with van der Waals surface area (Å²) in [6.07, 6.45) is 2.15. The van der Waals surface area contributed by atoms with Gasteiger partial charge in [-0.3, -0.25) is 10.1 Å². The summed E-state index contributed by atoms with van der Waals surface area (Å²) in [7, 11) is 0. The highest BCUT2D eigenvalue weighted by Gasteiger charge is 2.33. The van der Waals surface area contributed by atoms with Crippen LogP contribution in [-0.2, 0) is 4.79 Å². The number of nitrogens with zero attached hydrogens (tertiary/aromatic N) is 1. The van der Waals surface area contributed by atoms with Crippen LogP contribution in [0.15, 0.2) is 18.2 Å². The van der Waals surface area contributed by atoms with Gasteiger partial charge in [0.15, 0.2) is 0 Å². The summed E-state index contributed by atoms with van der Waals surface area (Å²) in [5, 5.41) is 3.36. The smallest absolute Gasteiger partial charge is 0.238 e. The number of carbonyl (C=O) groups is 1. The molecule has 110 valence electrons. The zero-order valence-electron chi connectivity index (χ0n) is 12.8. The second-order valence-corrected chi connectivity index (χ2v) is 6.66. The van der Waals surface area contributed by atoms with E-state index in [9.17, 15) is 4.79 Å². The summed E-state index contributed by atoms with van der Waals surface area (Å²) in [6.45, 7) is 7.69. The molecule has 1 aromatic rings. The second-order valence-electron chi connectivity index (χ2n) is 5.75. The van der Waals surface area contributed by atoms with Crippen molar-refractivity contribution in [1.29, 1.82) is 0 Å². The maximum absolute atomic E-state index is 12.2. The van der Waals surface area contributed by atoms with Gasteiger partial charge in [-0.05, 0) is 42.9 Å². The van der Waals surface area contributed by atoms with Crippen LogP contribution in [-0.4, -0.2) is 35.9 Å². The van der Waals surface area contributed by atoms with Crippen molar-refractivity contribution in [1.82, 2.24) is 10.2 Å². The maximum atomic E-state index is 12.2. The van der Waals surface area contributed by atoms with Crippen LogP contribution in [0, 0.1) is 19.8 Å². The van der Waals surface area contributed by atoms with E-state index in [1.807, 2.05) is 16.7 Å². The van der Waals surface area contributed by atoms with Gasteiger partial charge in [0, 0.05) is 6.54 Å². The van der Waals surface area contributed by atoms with Crippen LogP contribution in [0.25, 0.3) is 0 Å². The molecule has 3 nitrogen and oxygen atoms in total. The average Bonchev–Trinajstić information content (AvgIpc) is 2.74. The number of thioether (sulfide) groups is 1. The molecule has 2 unspecified atom stereocenters. The summed E-state index contributed by atoms with van der Waals surface area (Å²) < 4.78 is 0. The Kier molecular flexibility index (Phi) is 5.11. The molecule has 2 rings (SSSR count). The van der Waals surface area contributed by atoms with E-state index in [1.165, 1.54) is 16.7 Å². The molecule has 1 amide bonds. The first-order valence-electron chi connectivity index (χ1n) is 7.12. The van der Waals surface area contributed by atoms with Crippen molar-refractivity contribution in [2.24, 2.45) is 5.92 Å². The normalized spacial score (nSPS) is 20.5. The van der Waals surface area contributed by atoms with E-state index in [2.05, 4.69) is 50.5 Å². The monoisotopic (exact) mass is 292 g/mol. The van der Waals surface area contributed by atoms with Gasteiger partial charge in [0.05, 0.1) is 6.54 Å². The molecule has 1 aliphatic rings. The Bertz CT molecular complexity index is 489. The van der Waals surface area contributed by atoms with Crippen molar-refractivity contribution in [3.05, 3.63) is 34.9 Å². The standard InChI is InChI=1S/C16H24N2OS/c1-11-5-6-13(3)14(7-11)16-17-8-15(19)18(16)9-12(2)10-20-4/h5-7,12,16-17H,8-10H2,1-4H3. The molecule has 0 spiro atoms. The van der Waals surface area contributed by atoms with Gasteiger partial charge in [0.2, 0.25) is 5.91 Å². The number of benzene rings is 1. The van der Waals surface area contributed by atoms with Gasteiger partial charge in [0.1, 0.15) is 6.17 Å². The lowest BCUT2D eigenvalue weighted by molar-refractivity contribution is -0.128. The average molecular weight is 292 g/mol. The molecule has 4 heteroatoms. The number of aryl methyl sites for hydroxylation is 2. The molecule has 20 heavy (non-hydrogen) atoms. The number of amides is 1. The Morgan fingerprint density at radius 1 is 1.45 bits per heavy atom. The molecule has 1 heterocycles.